The third kappa shape index (κ3) is 3.90. The predicted octanol–water partition coefficient (Wildman–Crippen LogP) is 1.62. The molecular formula is C13H20F2N2O3S. The zero-order valence-corrected chi connectivity index (χ0v) is 12.8. The summed E-state index contributed by atoms with van der Waals surface area (Å²) in [7, 11) is -4.18. The Balaban J connectivity index is 3.05. The number of halogens is 2. The summed E-state index contributed by atoms with van der Waals surface area (Å²) in [5, 5.41) is 9.40. The minimum Gasteiger partial charge on any atom is -0.396 e. The number of sulfonamides is 1. The Hall–Kier alpha value is -1.25. The Bertz CT molecular complexity index is 593. The first kappa shape index (κ1) is 17.8. The lowest BCUT2D eigenvalue weighted by molar-refractivity contribution is 0.119. The molecule has 0 aliphatic carbocycles. The average molecular weight is 322 g/mol. The zero-order valence-electron chi connectivity index (χ0n) is 12.0. The summed E-state index contributed by atoms with van der Waals surface area (Å²) >= 11 is 0. The van der Waals surface area contributed by atoms with Crippen LogP contribution in [0.15, 0.2) is 17.0 Å². The van der Waals surface area contributed by atoms with Gasteiger partial charge in [-0.15, -0.1) is 0 Å². The van der Waals surface area contributed by atoms with Crippen LogP contribution in [0.4, 0.5) is 14.5 Å². The number of nitrogens with two attached hydrogens (primary N) is 1. The van der Waals surface area contributed by atoms with Gasteiger partial charge in [-0.05, 0) is 18.9 Å². The van der Waals surface area contributed by atoms with Gasteiger partial charge in [-0.1, -0.05) is 13.8 Å². The van der Waals surface area contributed by atoms with Crippen molar-refractivity contribution in [1.29, 1.82) is 0 Å². The molecule has 21 heavy (non-hydrogen) atoms. The van der Waals surface area contributed by atoms with Gasteiger partial charge in [0.1, 0.15) is 16.5 Å². The zero-order chi connectivity index (χ0) is 16.3. The highest BCUT2D eigenvalue weighted by atomic mass is 32.2. The quantitative estimate of drug-likeness (QED) is 0.665. The summed E-state index contributed by atoms with van der Waals surface area (Å²) in [4.78, 5) is -0.708. The van der Waals surface area contributed by atoms with Crippen LogP contribution in [0.1, 0.15) is 26.7 Å². The topological polar surface area (TPSA) is 92.4 Å². The molecule has 0 bridgehead atoms. The van der Waals surface area contributed by atoms with Crippen molar-refractivity contribution in [2.75, 3.05) is 18.9 Å². The second kappa shape index (κ2) is 6.67. The van der Waals surface area contributed by atoms with E-state index in [9.17, 15) is 22.3 Å². The van der Waals surface area contributed by atoms with Crippen LogP contribution in [0.3, 0.4) is 0 Å². The van der Waals surface area contributed by atoms with Crippen molar-refractivity contribution in [3.8, 4) is 0 Å². The number of rotatable bonds is 7. The summed E-state index contributed by atoms with van der Waals surface area (Å²) in [5.41, 5.74) is 4.21. The van der Waals surface area contributed by atoms with Crippen molar-refractivity contribution in [2.45, 2.75) is 31.6 Å². The minimum atomic E-state index is -4.18. The largest absolute Gasteiger partial charge is 0.396 e. The molecular weight excluding hydrogens is 302 g/mol. The molecule has 1 aromatic rings. The van der Waals surface area contributed by atoms with E-state index in [0.717, 1.165) is 6.07 Å². The van der Waals surface area contributed by atoms with E-state index in [1.165, 1.54) is 0 Å². The van der Waals surface area contributed by atoms with Gasteiger partial charge in [0.2, 0.25) is 10.0 Å². The van der Waals surface area contributed by atoms with Gasteiger partial charge in [0.05, 0.1) is 5.69 Å². The molecule has 0 aromatic heterocycles. The lowest BCUT2D eigenvalue weighted by Crippen LogP contribution is -2.39. The van der Waals surface area contributed by atoms with Crippen LogP contribution in [0, 0.1) is 17.0 Å². The van der Waals surface area contributed by atoms with E-state index in [0.29, 0.717) is 18.9 Å². The molecule has 0 amide bonds. The molecule has 0 spiro atoms. The number of hydrogen-bond donors (Lipinski definition) is 3. The van der Waals surface area contributed by atoms with E-state index >= 15 is 0 Å². The summed E-state index contributed by atoms with van der Waals surface area (Å²) in [6.45, 7) is 3.40. The fraction of sp³-hybridized carbons (Fsp3) is 0.538. The molecule has 0 unspecified atom stereocenters. The van der Waals surface area contributed by atoms with Gasteiger partial charge in [0.25, 0.3) is 0 Å². The van der Waals surface area contributed by atoms with Crippen LogP contribution in [-0.4, -0.2) is 26.7 Å². The van der Waals surface area contributed by atoms with Crippen LogP contribution >= 0.6 is 0 Å². The standard InChI is InChI=1S/C13H20F2N2O3S/c1-3-13(4-2,8-18)7-17-21(19,20)12-6-11(16)9(14)5-10(12)15/h5-6,17-18H,3-4,7-8,16H2,1-2H3. The maximum absolute atomic E-state index is 13.6. The van der Waals surface area contributed by atoms with Crippen LogP contribution < -0.4 is 10.5 Å². The van der Waals surface area contributed by atoms with E-state index in [2.05, 4.69) is 4.72 Å². The number of hydrogen-bond acceptors (Lipinski definition) is 4. The lowest BCUT2D eigenvalue weighted by atomic mass is 9.84. The highest BCUT2D eigenvalue weighted by Crippen LogP contribution is 2.26. The molecule has 0 radical (unpaired) electrons. The molecule has 5 nitrogen and oxygen atoms in total. The van der Waals surface area contributed by atoms with Gasteiger partial charge in [0.15, 0.2) is 0 Å². The molecule has 0 heterocycles. The maximum atomic E-state index is 13.6. The first-order valence-electron chi connectivity index (χ1n) is 6.56. The van der Waals surface area contributed by atoms with E-state index in [-0.39, 0.29) is 13.2 Å². The number of aliphatic hydroxyl groups is 1. The normalized spacial score (nSPS) is 12.6. The van der Waals surface area contributed by atoms with Gasteiger partial charge in [-0.3, -0.25) is 0 Å². The molecule has 0 aliphatic rings. The van der Waals surface area contributed by atoms with Crippen LogP contribution in [-0.2, 0) is 10.0 Å². The van der Waals surface area contributed by atoms with Crippen molar-refractivity contribution in [3.05, 3.63) is 23.8 Å². The second-order valence-electron chi connectivity index (χ2n) is 4.99. The number of benzene rings is 1. The Morgan fingerprint density at radius 3 is 2.29 bits per heavy atom. The third-order valence-electron chi connectivity index (χ3n) is 3.81. The third-order valence-corrected chi connectivity index (χ3v) is 5.23. The van der Waals surface area contributed by atoms with Crippen molar-refractivity contribution in [3.63, 3.8) is 0 Å². The van der Waals surface area contributed by atoms with E-state index in [1.807, 2.05) is 13.8 Å². The van der Waals surface area contributed by atoms with E-state index < -0.39 is 37.7 Å². The molecule has 0 fully saturated rings. The summed E-state index contributed by atoms with van der Waals surface area (Å²) < 4.78 is 53.2. The molecule has 4 N–H and O–H groups in total. The molecule has 0 saturated carbocycles. The summed E-state index contributed by atoms with van der Waals surface area (Å²) in [6.07, 6.45) is 1.10. The SMILES string of the molecule is CCC(CC)(CO)CNS(=O)(=O)c1cc(N)c(F)cc1F. The molecule has 1 rings (SSSR count). The average Bonchev–Trinajstić information content (AvgIpc) is 2.45. The summed E-state index contributed by atoms with van der Waals surface area (Å²) in [5.74, 6) is -2.23. The first-order chi connectivity index (χ1) is 9.71. The Morgan fingerprint density at radius 2 is 1.81 bits per heavy atom. The molecule has 0 aliphatic heterocycles. The van der Waals surface area contributed by atoms with Crippen LogP contribution in [0.5, 0.6) is 0 Å². The second-order valence-corrected chi connectivity index (χ2v) is 6.73. The Morgan fingerprint density at radius 1 is 1.24 bits per heavy atom. The molecule has 0 atom stereocenters. The van der Waals surface area contributed by atoms with Gasteiger partial charge in [-0.2, -0.15) is 0 Å². The fourth-order valence-electron chi connectivity index (χ4n) is 1.86. The minimum absolute atomic E-state index is 0.0461. The maximum Gasteiger partial charge on any atom is 0.243 e. The van der Waals surface area contributed by atoms with Gasteiger partial charge < -0.3 is 10.8 Å². The number of anilines is 1. The number of nitrogen functional groups attached to an aromatic ring is 1. The molecule has 8 heteroatoms. The van der Waals surface area contributed by atoms with Gasteiger partial charge in [-0.25, -0.2) is 21.9 Å². The smallest absolute Gasteiger partial charge is 0.243 e. The highest BCUT2D eigenvalue weighted by Gasteiger charge is 2.29. The number of nitrogens with one attached hydrogen (secondary N) is 1. The summed E-state index contributed by atoms with van der Waals surface area (Å²) in [6, 6.07) is 1.17. The Kier molecular flexibility index (Phi) is 5.66. The van der Waals surface area contributed by atoms with Gasteiger partial charge >= 0.3 is 0 Å². The molecule has 1 aromatic carbocycles. The Labute approximate surface area is 123 Å². The van der Waals surface area contributed by atoms with Gasteiger partial charge in [0, 0.05) is 24.6 Å². The van der Waals surface area contributed by atoms with E-state index in [4.69, 9.17) is 5.73 Å². The van der Waals surface area contributed by atoms with Crippen LogP contribution in [0.25, 0.3) is 0 Å². The van der Waals surface area contributed by atoms with E-state index in [1.54, 1.807) is 0 Å². The van der Waals surface area contributed by atoms with Crippen LogP contribution in [0.2, 0.25) is 0 Å². The molecule has 120 valence electrons. The highest BCUT2D eigenvalue weighted by molar-refractivity contribution is 7.89. The van der Waals surface area contributed by atoms with Crippen molar-refractivity contribution >= 4 is 15.7 Å². The van der Waals surface area contributed by atoms with Crippen molar-refractivity contribution in [2.24, 2.45) is 5.41 Å². The fourth-order valence-corrected chi connectivity index (χ4v) is 3.11. The monoisotopic (exact) mass is 322 g/mol. The lowest BCUT2D eigenvalue weighted by Gasteiger charge is -2.29. The predicted molar refractivity (Wildman–Crippen MR) is 76.1 cm³/mol. The van der Waals surface area contributed by atoms with Crippen molar-refractivity contribution in [1.82, 2.24) is 4.72 Å². The first-order valence-corrected chi connectivity index (χ1v) is 8.04. The van der Waals surface area contributed by atoms with Crippen molar-refractivity contribution < 1.29 is 22.3 Å². The number of aliphatic hydroxyl groups excluding tert-OH is 1. The molecule has 0 saturated heterocycles.